The van der Waals surface area contributed by atoms with Crippen LogP contribution in [0.3, 0.4) is 0 Å². The highest BCUT2D eigenvalue weighted by Crippen LogP contribution is 2.18. The Morgan fingerprint density at radius 3 is 2.67 bits per heavy atom. The van der Waals surface area contributed by atoms with Gasteiger partial charge in [0.05, 0.1) is 0 Å². The summed E-state index contributed by atoms with van der Waals surface area (Å²) in [7, 11) is 0. The maximum absolute atomic E-state index is 12.0. The van der Waals surface area contributed by atoms with E-state index in [1.807, 2.05) is 5.38 Å². The molecule has 116 valence electrons. The number of urea groups is 1. The van der Waals surface area contributed by atoms with Gasteiger partial charge in [0, 0.05) is 50.7 Å². The van der Waals surface area contributed by atoms with Gasteiger partial charge in [0.15, 0.2) is 5.13 Å². The van der Waals surface area contributed by atoms with Gasteiger partial charge in [-0.15, -0.1) is 11.3 Å². The van der Waals surface area contributed by atoms with E-state index in [1.165, 1.54) is 0 Å². The maximum atomic E-state index is 12.0. The van der Waals surface area contributed by atoms with Crippen LogP contribution in [0.25, 0.3) is 0 Å². The number of thiazole rings is 1. The minimum atomic E-state index is -0.792. The fourth-order valence-electron chi connectivity index (χ4n) is 2.18. The van der Waals surface area contributed by atoms with Crippen molar-refractivity contribution in [2.24, 2.45) is 0 Å². The zero-order valence-corrected chi connectivity index (χ0v) is 12.6. The van der Waals surface area contributed by atoms with E-state index in [0.717, 1.165) is 18.2 Å². The molecule has 1 fully saturated rings. The van der Waals surface area contributed by atoms with Gasteiger partial charge >= 0.3 is 12.0 Å². The van der Waals surface area contributed by atoms with Crippen molar-refractivity contribution in [2.75, 3.05) is 37.6 Å². The molecule has 8 heteroatoms. The van der Waals surface area contributed by atoms with Crippen molar-refractivity contribution in [3.05, 3.63) is 11.6 Å². The zero-order valence-electron chi connectivity index (χ0n) is 11.8. The molecule has 2 rings (SSSR count). The Morgan fingerprint density at radius 2 is 2.05 bits per heavy atom. The second kappa shape index (κ2) is 7.82. The number of nitrogens with one attached hydrogen (secondary N) is 1. The Labute approximate surface area is 127 Å². The summed E-state index contributed by atoms with van der Waals surface area (Å²) in [5, 5.41) is 14.3. The number of nitrogens with zero attached hydrogens (tertiary/aromatic N) is 3. The van der Waals surface area contributed by atoms with Crippen LogP contribution in [-0.4, -0.2) is 59.7 Å². The first-order valence-corrected chi connectivity index (χ1v) is 7.94. The third-order valence-corrected chi connectivity index (χ3v) is 4.18. The topological polar surface area (TPSA) is 85.8 Å². The van der Waals surface area contributed by atoms with E-state index in [1.54, 1.807) is 22.4 Å². The largest absolute Gasteiger partial charge is 0.481 e. The van der Waals surface area contributed by atoms with Crippen LogP contribution >= 0.6 is 11.3 Å². The quantitative estimate of drug-likeness (QED) is 0.772. The van der Waals surface area contributed by atoms with Crippen LogP contribution in [0.15, 0.2) is 11.6 Å². The van der Waals surface area contributed by atoms with E-state index in [0.29, 0.717) is 32.5 Å². The number of piperazine rings is 1. The molecule has 0 spiro atoms. The predicted octanol–water partition coefficient (Wildman–Crippen LogP) is 1.23. The Bertz CT molecular complexity index is 458. The monoisotopic (exact) mass is 312 g/mol. The standard InChI is InChI=1S/C13H20N4O3S/c18-11(19)3-1-2-4-14-12(20)16-6-8-17(9-7-16)13-15-5-10-21-13/h5,10H,1-4,6-9H2,(H,14,20)(H,18,19). The van der Waals surface area contributed by atoms with Gasteiger partial charge in [-0.1, -0.05) is 0 Å². The Hall–Kier alpha value is -1.83. The van der Waals surface area contributed by atoms with E-state index in [9.17, 15) is 9.59 Å². The van der Waals surface area contributed by atoms with Crippen molar-refractivity contribution in [2.45, 2.75) is 19.3 Å². The van der Waals surface area contributed by atoms with Crippen LogP contribution in [0.1, 0.15) is 19.3 Å². The van der Waals surface area contributed by atoms with Crippen molar-refractivity contribution >= 4 is 28.5 Å². The first-order valence-electron chi connectivity index (χ1n) is 7.06. The number of carboxylic acids is 1. The lowest BCUT2D eigenvalue weighted by atomic mass is 10.2. The second-order valence-corrected chi connectivity index (χ2v) is 5.74. The van der Waals surface area contributed by atoms with Gasteiger partial charge in [-0.05, 0) is 12.8 Å². The molecule has 21 heavy (non-hydrogen) atoms. The molecule has 0 bridgehead atoms. The van der Waals surface area contributed by atoms with Crippen LogP contribution in [0.5, 0.6) is 0 Å². The number of carbonyl (C=O) groups is 2. The minimum absolute atomic E-state index is 0.0656. The van der Waals surface area contributed by atoms with E-state index in [-0.39, 0.29) is 12.5 Å². The van der Waals surface area contributed by atoms with E-state index in [4.69, 9.17) is 5.11 Å². The SMILES string of the molecule is O=C(O)CCCCNC(=O)N1CCN(c2nccs2)CC1. The number of aliphatic carboxylic acids is 1. The summed E-state index contributed by atoms with van der Waals surface area (Å²) in [6.45, 7) is 3.47. The van der Waals surface area contributed by atoms with Crippen LogP contribution in [0, 0.1) is 0 Å². The molecule has 1 aliphatic heterocycles. The molecule has 0 saturated carbocycles. The summed E-state index contributed by atoms with van der Waals surface area (Å²) in [4.78, 5) is 30.6. The highest BCUT2D eigenvalue weighted by Gasteiger charge is 2.21. The van der Waals surface area contributed by atoms with Gasteiger partial charge in [0.1, 0.15) is 0 Å². The van der Waals surface area contributed by atoms with Gasteiger partial charge < -0.3 is 20.2 Å². The Kier molecular flexibility index (Phi) is 5.79. The van der Waals surface area contributed by atoms with Gasteiger partial charge in [-0.3, -0.25) is 4.79 Å². The molecule has 0 unspecified atom stereocenters. The first kappa shape index (κ1) is 15.6. The van der Waals surface area contributed by atoms with Crippen molar-refractivity contribution < 1.29 is 14.7 Å². The molecular formula is C13H20N4O3S. The molecule has 0 radical (unpaired) electrons. The average Bonchev–Trinajstić information content (AvgIpc) is 3.01. The third-order valence-electron chi connectivity index (χ3n) is 3.35. The van der Waals surface area contributed by atoms with Gasteiger partial charge in [0.2, 0.25) is 0 Å². The van der Waals surface area contributed by atoms with Crippen molar-refractivity contribution in [3.63, 3.8) is 0 Å². The van der Waals surface area contributed by atoms with Crippen molar-refractivity contribution in [3.8, 4) is 0 Å². The van der Waals surface area contributed by atoms with Crippen LogP contribution in [-0.2, 0) is 4.79 Å². The number of unbranched alkanes of at least 4 members (excludes halogenated alkanes) is 1. The number of anilines is 1. The number of carbonyl (C=O) groups excluding carboxylic acids is 1. The molecule has 2 amide bonds. The zero-order chi connectivity index (χ0) is 15.1. The molecular weight excluding hydrogens is 292 g/mol. The lowest BCUT2D eigenvalue weighted by Gasteiger charge is -2.34. The maximum Gasteiger partial charge on any atom is 0.317 e. The molecule has 2 heterocycles. The number of rotatable bonds is 6. The van der Waals surface area contributed by atoms with E-state index >= 15 is 0 Å². The summed E-state index contributed by atoms with van der Waals surface area (Å²) >= 11 is 1.61. The van der Waals surface area contributed by atoms with E-state index in [2.05, 4.69) is 15.2 Å². The van der Waals surface area contributed by atoms with Crippen molar-refractivity contribution in [1.82, 2.24) is 15.2 Å². The Morgan fingerprint density at radius 1 is 1.29 bits per heavy atom. The Balaban J connectivity index is 1.63. The molecule has 0 aromatic carbocycles. The molecule has 1 saturated heterocycles. The van der Waals surface area contributed by atoms with Gasteiger partial charge in [-0.25, -0.2) is 9.78 Å². The summed E-state index contributed by atoms with van der Waals surface area (Å²) in [6.07, 6.45) is 3.23. The fraction of sp³-hybridized carbons (Fsp3) is 0.615. The number of aromatic nitrogens is 1. The third kappa shape index (κ3) is 4.89. The van der Waals surface area contributed by atoms with Crippen LogP contribution in [0.4, 0.5) is 9.93 Å². The summed E-state index contributed by atoms with van der Waals surface area (Å²) in [5.41, 5.74) is 0. The summed E-state index contributed by atoms with van der Waals surface area (Å²) in [5.74, 6) is -0.792. The molecule has 0 atom stereocenters. The van der Waals surface area contributed by atoms with Crippen molar-refractivity contribution in [1.29, 1.82) is 0 Å². The number of hydrogen-bond acceptors (Lipinski definition) is 5. The van der Waals surface area contributed by atoms with Crippen LogP contribution < -0.4 is 10.2 Å². The molecule has 2 N–H and O–H groups in total. The van der Waals surface area contributed by atoms with E-state index < -0.39 is 5.97 Å². The molecule has 0 aliphatic carbocycles. The number of carboxylic acid groups (broad SMARTS) is 1. The molecule has 7 nitrogen and oxygen atoms in total. The normalized spacial score (nSPS) is 15.0. The minimum Gasteiger partial charge on any atom is -0.481 e. The molecule has 1 aromatic rings. The van der Waals surface area contributed by atoms with Gasteiger partial charge in [0.25, 0.3) is 0 Å². The highest BCUT2D eigenvalue weighted by atomic mass is 32.1. The predicted molar refractivity (Wildman–Crippen MR) is 80.8 cm³/mol. The summed E-state index contributed by atoms with van der Waals surface area (Å²) < 4.78 is 0. The first-order chi connectivity index (χ1) is 10.2. The lowest BCUT2D eigenvalue weighted by molar-refractivity contribution is -0.137. The fourth-order valence-corrected chi connectivity index (χ4v) is 2.88. The van der Waals surface area contributed by atoms with Crippen LogP contribution in [0.2, 0.25) is 0 Å². The second-order valence-electron chi connectivity index (χ2n) is 4.87. The lowest BCUT2D eigenvalue weighted by Crippen LogP contribution is -2.52. The molecule has 1 aliphatic rings. The number of hydrogen-bond donors (Lipinski definition) is 2. The average molecular weight is 312 g/mol. The van der Waals surface area contributed by atoms with Gasteiger partial charge in [-0.2, -0.15) is 0 Å². The summed E-state index contributed by atoms with van der Waals surface area (Å²) in [6, 6.07) is -0.0656. The number of amides is 2. The smallest absolute Gasteiger partial charge is 0.317 e. The molecule has 1 aromatic heterocycles. The highest BCUT2D eigenvalue weighted by molar-refractivity contribution is 7.13.